The molecule has 0 amide bonds. The van der Waals surface area contributed by atoms with E-state index in [1.54, 1.807) is 6.92 Å². The van der Waals surface area contributed by atoms with Crippen molar-refractivity contribution in [2.45, 2.75) is 16.8 Å². The van der Waals surface area contributed by atoms with Gasteiger partial charge in [0.05, 0.1) is 15.4 Å². The van der Waals surface area contributed by atoms with Crippen LogP contribution >= 0.6 is 11.8 Å². The zero-order valence-corrected chi connectivity index (χ0v) is 11.6. The number of carboxylic acids is 1. The fourth-order valence-corrected chi connectivity index (χ4v) is 2.46. The number of halogens is 1. The third kappa shape index (κ3) is 3.34. The minimum atomic E-state index is -1.16. The van der Waals surface area contributed by atoms with Crippen molar-refractivity contribution in [2.24, 2.45) is 0 Å². The van der Waals surface area contributed by atoms with Gasteiger partial charge < -0.3 is 5.11 Å². The Balaban J connectivity index is 2.36. The molecule has 8 heteroatoms. The number of aromatic carboxylic acids is 1. The maximum atomic E-state index is 13.7. The van der Waals surface area contributed by atoms with Crippen LogP contribution in [0.2, 0.25) is 0 Å². The summed E-state index contributed by atoms with van der Waals surface area (Å²) in [6.07, 6.45) is 1.08. The van der Waals surface area contributed by atoms with Gasteiger partial charge in [0, 0.05) is 6.07 Å². The molecule has 21 heavy (non-hydrogen) atoms. The molecule has 0 bridgehead atoms. The number of rotatable bonds is 4. The lowest BCUT2D eigenvalue weighted by atomic mass is 10.2. The van der Waals surface area contributed by atoms with Gasteiger partial charge in [-0.2, -0.15) is 0 Å². The maximum Gasteiger partial charge on any atom is 0.335 e. The number of aryl methyl sites for hydroxylation is 1. The Morgan fingerprint density at radius 2 is 2.14 bits per heavy atom. The summed E-state index contributed by atoms with van der Waals surface area (Å²) in [6, 6.07) is 4.75. The molecule has 0 spiro atoms. The van der Waals surface area contributed by atoms with E-state index in [-0.39, 0.29) is 16.1 Å². The van der Waals surface area contributed by atoms with Gasteiger partial charge in [0.25, 0.3) is 5.69 Å². The van der Waals surface area contributed by atoms with E-state index in [0.717, 1.165) is 30.1 Å². The SMILES string of the molecule is Cc1cc([N+](=O)[O-])cnc1Sc1cc(C(=O)O)ccc1F. The summed E-state index contributed by atoms with van der Waals surface area (Å²) < 4.78 is 13.7. The molecule has 0 radical (unpaired) electrons. The van der Waals surface area contributed by atoms with Crippen LogP contribution in [-0.2, 0) is 0 Å². The van der Waals surface area contributed by atoms with E-state index in [1.165, 1.54) is 12.1 Å². The van der Waals surface area contributed by atoms with Crippen LogP contribution in [0, 0.1) is 22.9 Å². The highest BCUT2D eigenvalue weighted by atomic mass is 32.2. The van der Waals surface area contributed by atoms with Gasteiger partial charge >= 0.3 is 5.97 Å². The van der Waals surface area contributed by atoms with Gasteiger partial charge in [-0.1, -0.05) is 11.8 Å². The largest absolute Gasteiger partial charge is 0.478 e. The third-order valence-corrected chi connectivity index (χ3v) is 3.76. The average Bonchev–Trinajstić information content (AvgIpc) is 2.42. The van der Waals surface area contributed by atoms with Crippen LogP contribution in [0.15, 0.2) is 40.4 Å². The van der Waals surface area contributed by atoms with Crippen molar-refractivity contribution in [3.63, 3.8) is 0 Å². The van der Waals surface area contributed by atoms with E-state index < -0.39 is 16.7 Å². The first kappa shape index (κ1) is 14.9. The first-order valence-corrected chi connectivity index (χ1v) is 6.52. The van der Waals surface area contributed by atoms with Crippen molar-refractivity contribution < 1.29 is 19.2 Å². The molecule has 0 unspecified atom stereocenters. The van der Waals surface area contributed by atoms with Gasteiger partial charge in [-0.3, -0.25) is 10.1 Å². The molecule has 108 valence electrons. The Hall–Kier alpha value is -2.48. The van der Waals surface area contributed by atoms with Crippen molar-refractivity contribution in [1.82, 2.24) is 4.98 Å². The summed E-state index contributed by atoms with van der Waals surface area (Å²) in [4.78, 5) is 25.0. The molecule has 0 saturated heterocycles. The van der Waals surface area contributed by atoms with Crippen LogP contribution in [0.4, 0.5) is 10.1 Å². The zero-order chi connectivity index (χ0) is 15.6. The van der Waals surface area contributed by atoms with E-state index in [1.807, 2.05) is 0 Å². The highest BCUT2D eigenvalue weighted by molar-refractivity contribution is 7.99. The Kier molecular flexibility index (Phi) is 4.18. The number of carboxylic acid groups (broad SMARTS) is 1. The minimum Gasteiger partial charge on any atom is -0.478 e. The van der Waals surface area contributed by atoms with Crippen molar-refractivity contribution in [3.05, 3.63) is 57.5 Å². The Morgan fingerprint density at radius 1 is 1.43 bits per heavy atom. The Bertz CT molecular complexity index is 736. The molecule has 0 aliphatic carbocycles. The lowest BCUT2D eigenvalue weighted by Crippen LogP contribution is -1.98. The first-order chi connectivity index (χ1) is 9.88. The zero-order valence-electron chi connectivity index (χ0n) is 10.7. The molecule has 0 aliphatic heterocycles. The van der Waals surface area contributed by atoms with Crippen molar-refractivity contribution in [1.29, 1.82) is 0 Å². The lowest BCUT2D eigenvalue weighted by Gasteiger charge is -2.06. The average molecular weight is 308 g/mol. The topological polar surface area (TPSA) is 93.3 Å². The molecule has 2 rings (SSSR count). The number of hydrogen-bond acceptors (Lipinski definition) is 5. The molecule has 0 atom stereocenters. The number of hydrogen-bond donors (Lipinski definition) is 1. The quantitative estimate of drug-likeness (QED) is 0.688. The van der Waals surface area contributed by atoms with Gasteiger partial charge in [0.2, 0.25) is 0 Å². The van der Waals surface area contributed by atoms with Gasteiger partial charge in [0.1, 0.15) is 17.0 Å². The van der Waals surface area contributed by atoms with Gasteiger partial charge in [0.15, 0.2) is 0 Å². The van der Waals surface area contributed by atoms with E-state index in [4.69, 9.17) is 5.11 Å². The number of aromatic nitrogens is 1. The van der Waals surface area contributed by atoms with E-state index in [2.05, 4.69) is 4.98 Å². The molecule has 6 nitrogen and oxygen atoms in total. The fraction of sp³-hybridized carbons (Fsp3) is 0.0769. The summed E-state index contributed by atoms with van der Waals surface area (Å²) in [7, 11) is 0. The number of nitro groups is 1. The molecule has 0 aliphatic rings. The van der Waals surface area contributed by atoms with Gasteiger partial charge in [-0.15, -0.1) is 0 Å². The molecular formula is C13H9FN2O4S. The summed E-state index contributed by atoms with van der Waals surface area (Å²) in [5, 5.41) is 19.9. The van der Waals surface area contributed by atoms with Crippen molar-refractivity contribution in [3.8, 4) is 0 Å². The molecule has 0 fully saturated rings. The Labute approximate surface area is 122 Å². The summed E-state index contributed by atoms with van der Waals surface area (Å²) in [5.74, 6) is -1.74. The summed E-state index contributed by atoms with van der Waals surface area (Å²) in [6.45, 7) is 1.61. The lowest BCUT2D eigenvalue weighted by molar-refractivity contribution is -0.385. The highest BCUT2D eigenvalue weighted by Gasteiger charge is 2.14. The Morgan fingerprint density at radius 3 is 2.71 bits per heavy atom. The molecule has 1 N–H and O–H groups in total. The normalized spacial score (nSPS) is 10.4. The van der Waals surface area contributed by atoms with Gasteiger partial charge in [-0.25, -0.2) is 14.2 Å². The van der Waals surface area contributed by atoms with Crippen LogP contribution in [0.3, 0.4) is 0 Å². The standard InChI is InChI=1S/C13H9FN2O4S/c1-7-4-9(16(19)20)6-15-12(7)21-11-5-8(13(17)18)2-3-10(11)14/h2-6H,1H3,(H,17,18). The van der Waals surface area contributed by atoms with Crippen LogP contribution in [0.25, 0.3) is 0 Å². The smallest absolute Gasteiger partial charge is 0.335 e. The van der Waals surface area contributed by atoms with Gasteiger partial charge in [-0.05, 0) is 30.7 Å². The monoisotopic (exact) mass is 308 g/mol. The minimum absolute atomic E-state index is 0.0431. The third-order valence-electron chi connectivity index (χ3n) is 2.61. The molecule has 1 aromatic heterocycles. The molecule has 1 heterocycles. The van der Waals surface area contributed by atoms with E-state index in [9.17, 15) is 19.3 Å². The van der Waals surface area contributed by atoms with E-state index >= 15 is 0 Å². The predicted molar refractivity (Wildman–Crippen MR) is 73.1 cm³/mol. The molecule has 2 aromatic rings. The fourth-order valence-electron chi connectivity index (χ4n) is 1.57. The highest BCUT2D eigenvalue weighted by Crippen LogP contribution is 2.32. The maximum absolute atomic E-state index is 13.7. The summed E-state index contributed by atoms with van der Waals surface area (Å²) >= 11 is 0.921. The second-order valence-corrected chi connectivity index (χ2v) is 5.16. The second-order valence-electron chi connectivity index (χ2n) is 4.13. The first-order valence-electron chi connectivity index (χ1n) is 5.70. The van der Waals surface area contributed by atoms with Crippen LogP contribution in [0.1, 0.15) is 15.9 Å². The van der Waals surface area contributed by atoms with Crippen molar-refractivity contribution >= 4 is 23.4 Å². The van der Waals surface area contributed by atoms with E-state index in [0.29, 0.717) is 10.6 Å². The number of benzene rings is 1. The van der Waals surface area contributed by atoms with Crippen LogP contribution < -0.4 is 0 Å². The summed E-state index contributed by atoms with van der Waals surface area (Å²) in [5.41, 5.74) is 0.310. The number of carbonyl (C=O) groups is 1. The molecule has 0 saturated carbocycles. The molecule has 1 aromatic carbocycles. The predicted octanol–water partition coefficient (Wildman–Crippen LogP) is 3.29. The van der Waals surface area contributed by atoms with Crippen LogP contribution in [0.5, 0.6) is 0 Å². The van der Waals surface area contributed by atoms with Crippen molar-refractivity contribution in [2.75, 3.05) is 0 Å². The van der Waals surface area contributed by atoms with Crippen LogP contribution in [-0.4, -0.2) is 21.0 Å². The number of pyridine rings is 1. The number of nitrogens with zero attached hydrogens (tertiary/aromatic N) is 2. The molecular weight excluding hydrogens is 299 g/mol. The second kappa shape index (κ2) is 5.88.